The largest absolute Gasteiger partial charge is 0.493 e. The van der Waals surface area contributed by atoms with Gasteiger partial charge in [0.25, 0.3) is 0 Å². The van der Waals surface area contributed by atoms with Gasteiger partial charge in [0.2, 0.25) is 5.91 Å². The molecule has 0 saturated carbocycles. The first-order valence-corrected chi connectivity index (χ1v) is 6.55. The highest BCUT2D eigenvalue weighted by Gasteiger charge is 2.19. The number of nitrogens with one attached hydrogen (secondary N) is 1. The van der Waals surface area contributed by atoms with Crippen molar-refractivity contribution in [3.05, 3.63) is 35.4 Å². The number of aliphatic hydroxyl groups is 2. The van der Waals surface area contributed by atoms with E-state index in [9.17, 15) is 9.90 Å². The highest BCUT2D eigenvalue weighted by Crippen LogP contribution is 2.26. The molecule has 1 aromatic carbocycles. The molecule has 0 saturated heterocycles. The number of rotatable bonds is 5. The summed E-state index contributed by atoms with van der Waals surface area (Å²) in [5, 5.41) is 21.0. The van der Waals surface area contributed by atoms with Crippen LogP contribution >= 0.6 is 0 Å². The Balaban J connectivity index is 1.91. The molecule has 0 spiro atoms. The highest BCUT2D eigenvalue weighted by atomic mass is 16.5. The number of amides is 1. The van der Waals surface area contributed by atoms with Gasteiger partial charge in [-0.05, 0) is 36.3 Å². The summed E-state index contributed by atoms with van der Waals surface area (Å²) in [5.74, 6) is 0.598. The maximum atomic E-state index is 11.6. The van der Waals surface area contributed by atoms with Gasteiger partial charge in [-0.15, -0.1) is 0 Å². The summed E-state index contributed by atoms with van der Waals surface area (Å²) < 4.78 is 5.41. The standard InChI is InChI=1S/C15H19NO4/c1-15(19,10-17)9-16-14(18)5-3-11-2-4-13-12(8-11)6-7-20-13/h2-5,8,17,19H,6-7,9-10H2,1H3,(H,16,18). The molecule has 1 aromatic rings. The topological polar surface area (TPSA) is 78.8 Å². The van der Waals surface area contributed by atoms with Crippen molar-refractivity contribution < 1.29 is 19.7 Å². The third kappa shape index (κ3) is 3.82. The van der Waals surface area contributed by atoms with Crippen LogP contribution in [0.5, 0.6) is 5.75 Å². The molecule has 5 nitrogen and oxygen atoms in total. The first-order valence-electron chi connectivity index (χ1n) is 6.55. The molecule has 1 amide bonds. The number of benzene rings is 1. The van der Waals surface area contributed by atoms with Gasteiger partial charge in [0.1, 0.15) is 11.4 Å². The van der Waals surface area contributed by atoms with Gasteiger partial charge in [0.15, 0.2) is 0 Å². The lowest BCUT2D eigenvalue weighted by Crippen LogP contribution is -2.42. The molecular formula is C15H19NO4. The molecule has 3 N–H and O–H groups in total. The molecule has 0 aliphatic carbocycles. The Kier molecular flexibility index (Phi) is 4.42. The Hall–Kier alpha value is -1.85. The van der Waals surface area contributed by atoms with E-state index in [1.54, 1.807) is 6.08 Å². The number of fused-ring (bicyclic) bond motifs is 1. The van der Waals surface area contributed by atoms with Crippen molar-refractivity contribution in [2.75, 3.05) is 19.8 Å². The molecule has 108 valence electrons. The average molecular weight is 277 g/mol. The van der Waals surface area contributed by atoms with Gasteiger partial charge >= 0.3 is 0 Å². The Morgan fingerprint density at radius 2 is 2.35 bits per heavy atom. The minimum atomic E-state index is -1.30. The van der Waals surface area contributed by atoms with Gasteiger partial charge in [-0.1, -0.05) is 6.07 Å². The quantitative estimate of drug-likeness (QED) is 0.685. The Morgan fingerprint density at radius 3 is 3.10 bits per heavy atom. The summed E-state index contributed by atoms with van der Waals surface area (Å²) in [6, 6.07) is 5.78. The van der Waals surface area contributed by atoms with Crippen LogP contribution in [0.1, 0.15) is 18.1 Å². The zero-order valence-corrected chi connectivity index (χ0v) is 11.4. The minimum Gasteiger partial charge on any atom is -0.493 e. The van der Waals surface area contributed by atoms with Crippen molar-refractivity contribution in [3.63, 3.8) is 0 Å². The summed E-state index contributed by atoms with van der Waals surface area (Å²) in [7, 11) is 0. The first-order chi connectivity index (χ1) is 9.50. The minimum absolute atomic E-state index is 0.00466. The van der Waals surface area contributed by atoms with Crippen molar-refractivity contribution in [1.82, 2.24) is 5.32 Å². The summed E-state index contributed by atoms with van der Waals surface area (Å²) in [6.45, 7) is 1.77. The van der Waals surface area contributed by atoms with Crippen molar-refractivity contribution in [2.24, 2.45) is 0 Å². The SMILES string of the molecule is CC(O)(CO)CNC(=O)C=Cc1ccc2c(c1)CCO2. The summed E-state index contributed by atoms with van der Waals surface area (Å²) in [6.07, 6.45) is 4.01. The van der Waals surface area contributed by atoms with Gasteiger partial charge in [-0.3, -0.25) is 4.79 Å². The third-order valence-corrected chi connectivity index (χ3v) is 3.12. The maximum absolute atomic E-state index is 11.6. The van der Waals surface area contributed by atoms with E-state index in [4.69, 9.17) is 9.84 Å². The van der Waals surface area contributed by atoms with Crippen molar-refractivity contribution in [1.29, 1.82) is 0 Å². The van der Waals surface area contributed by atoms with E-state index in [-0.39, 0.29) is 12.5 Å². The van der Waals surface area contributed by atoms with Crippen LogP contribution < -0.4 is 10.1 Å². The number of hydrogen-bond acceptors (Lipinski definition) is 4. The molecule has 0 fully saturated rings. The van der Waals surface area contributed by atoms with E-state index in [2.05, 4.69) is 5.32 Å². The van der Waals surface area contributed by atoms with Gasteiger partial charge in [-0.2, -0.15) is 0 Å². The zero-order chi connectivity index (χ0) is 14.6. The van der Waals surface area contributed by atoms with Crippen molar-refractivity contribution in [3.8, 4) is 5.75 Å². The van der Waals surface area contributed by atoms with Gasteiger partial charge in [0.05, 0.1) is 13.2 Å². The lowest BCUT2D eigenvalue weighted by molar-refractivity contribution is -0.117. The molecule has 0 bridgehead atoms. The Morgan fingerprint density at radius 1 is 1.55 bits per heavy atom. The Bertz CT molecular complexity index is 523. The fraction of sp³-hybridized carbons (Fsp3) is 0.400. The van der Waals surface area contributed by atoms with E-state index in [0.29, 0.717) is 6.61 Å². The van der Waals surface area contributed by atoms with Crippen LogP contribution in [0.15, 0.2) is 24.3 Å². The predicted molar refractivity (Wildman–Crippen MR) is 75.4 cm³/mol. The van der Waals surface area contributed by atoms with Crippen LogP contribution in [0.2, 0.25) is 0 Å². The second-order valence-corrected chi connectivity index (χ2v) is 5.17. The Labute approximate surface area is 117 Å². The van der Waals surface area contributed by atoms with E-state index >= 15 is 0 Å². The summed E-state index contributed by atoms with van der Waals surface area (Å²) in [5.41, 5.74) is 0.781. The molecule has 0 aromatic heterocycles. The molecule has 0 radical (unpaired) electrons. The molecule has 1 heterocycles. The summed E-state index contributed by atoms with van der Waals surface area (Å²) >= 11 is 0. The van der Waals surface area contributed by atoms with Crippen LogP contribution in [0, 0.1) is 0 Å². The number of carbonyl (C=O) groups excluding carboxylic acids is 1. The van der Waals surface area contributed by atoms with Crippen LogP contribution in [0.4, 0.5) is 0 Å². The molecule has 1 aliphatic heterocycles. The average Bonchev–Trinajstić information content (AvgIpc) is 2.90. The van der Waals surface area contributed by atoms with E-state index in [1.165, 1.54) is 13.0 Å². The van der Waals surface area contributed by atoms with Gasteiger partial charge < -0.3 is 20.3 Å². The number of aliphatic hydroxyl groups excluding tert-OH is 1. The van der Waals surface area contributed by atoms with E-state index < -0.39 is 12.2 Å². The molecule has 2 rings (SSSR count). The van der Waals surface area contributed by atoms with Crippen LogP contribution in [0.25, 0.3) is 6.08 Å². The van der Waals surface area contributed by atoms with Gasteiger partial charge in [0, 0.05) is 19.0 Å². The number of hydrogen-bond donors (Lipinski definition) is 3. The molecule has 5 heteroatoms. The fourth-order valence-corrected chi connectivity index (χ4v) is 1.87. The van der Waals surface area contributed by atoms with Crippen molar-refractivity contribution >= 4 is 12.0 Å². The lowest BCUT2D eigenvalue weighted by Gasteiger charge is -2.19. The molecule has 1 atom stereocenters. The first kappa shape index (κ1) is 14.6. The molecule has 1 unspecified atom stereocenters. The molecule has 20 heavy (non-hydrogen) atoms. The second-order valence-electron chi connectivity index (χ2n) is 5.17. The van der Waals surface area contributed by atoms with Crippen LogP contribution in [0.3, 0.4) is 0 Å². The summed E-state index contributed by atoms with van der Waals surface area (Å²) in [4.78, 5) is 11.6. The normalized spacial score (nSPS) is 16.6. The monoisotopic (exact) mass is 277 g/mol. The smallest absolute Gasteiger partial charge is 0.244 e. The van der Waals surface area contributed by atoms with Crippen LogP contribution in [-0.4, -0.2) is 41.5 Å². The van der Waals surface area contributed by atoms with E-state index in [0.717, 1.165) is 23.3 Å². The van der Waals surface area contributed by atoms with E-state index in [1.807, 2.05) is 18.2 Å². The highest BCUT2D eigenvalue weighted by molar-refractivity contribution is 5.91. The molecular weight excluding hydrogens is 258 g/mol. The fourth-order valence-electron chi connectivity index (χ4n) is 1.87. The second kappa shape index (κ2) is 6.07. The zero-order valence-electron chi connectivity index (χ0n) is 11.4. The van der Waals surface area contributed by atoms with Gasteiger partial charge in [-0.25, -0.2) is 0 Å². The predicted octanol–water partition coefficient (Wildman–Crippen LogP) is 0.494. The third-order valence-electron chi connectivity index (χ3n) is 3.12. The lowest BCUT2D eigenvalue weighted by atomic mass is 10.1. The van der Waals surface area contributed by atoms with Crippen LogP contribution in [-0.2, 0) is 11.2 Å². The number of carbonyl (C=O) groups is 1. The van der Waals surface area contributed by atoms with Crippen molar-refractivity contribution in [2.45, 2.75) is 18.9 Å². The number of ether oxygens (including phenoxy) is 1. The molecule has 1 aliphatic rings. The maximum Gasteiger partial charge on any atom is 0.244 e.